The second-order valence-corrected chi connectivity index (χ2v) is 4.43. The predicted molar refractivity (Wildman–Crippen MR) is 74.2 cm³/mol. The highest BCUT2D eigenvalue weighted by Gasteiger charge is 2.02. The summed E-state index contributed by atoms with van der Waals surface area (Å²) in [5.41, 5.74) is 0. The van der Waals surface area contributed by atoms with Crippen LogP contribution in [0.4, 0.5) is 5.13 Å². The number of anilines is 1. The van der Waals surface area contributed by atoms with E-state index >= 15 is 0 Å². The number of carbonyl (C=O) groups is 1. The van der Waals surface area contributed by atoms with Crippen LogP contribution in [0.15, 0.2) is 40.5 Å². The fourth-order valence-corrected chi connectivity index (χ4v) is 1.91. The van der Waals surface area contributed by atoms with Gasteiger partial charge in [0.2, 0.25) is 5.91 Å². The molecule has 0 aliphatic rings. The molecule has 5 nitrogen and oxygen atoms in total. The summed E-state index contributed by atoms with van der Waals surface area (Å²) in [7, 11) is 0. The molecule has 0 fully saturated rings. The van der Waals surface area contributed by atoms with Gasteiger partial charge in [0, 0.05) is 17.7 Å². The molecule has 0 atom stereocenters. The summed E-state index contributed by atoms with van der Waals surface area (Å²) in [4.78, 5) is 15.5. The Hall–Kier alpha value is -1.99. The van der Waals surface area contributed by atoms with Gasteiger partial charge in [0.05, 0.1) is 6.26 Å². The van der Waals surface area contributed by atoms with Gasteiger partial charge >= 0.3 is 0 Å². The zero-order valence-electron chi connectivity index (χ0n) is 9.12. The van der Waals surface area contributed by atoms with Crippen LogP contribution in [0.25, 0.3) is 6.08 Å². The average molecular weight is 279 g/mol. The van der Waals surface area contributed by atoms with E-state index in [4.69, 9.17) is 16.6 Å². The summed E-state index contributed by atoms with van der Waals surface area (Å²) < 4.78 is 5.05. The van der Waals surface area contributed by atoms with Gasteiger partial charge in [0.1, 0.15) is 5.76 Å². The van der Waals surface area contributed by atoms with Gasteiger partial charge in [-0.3, -0.25) is 10.1 Å². The molecular formula is C11H9N3O2S2. The number of thiazole rings is 1. The van der Waals surface area contributed by atoms with Crippen LogP contribution in [0.1, 0.15) is 5.76 Å². The van der Waals surface area contributed by atoms with Crippen LogP contribution < -0.4 is 10.6 Å². The molecule has 2 rings (SSSR count). The van der Waals surface area contributed by atoms with Crippen LogP contribution in [-0.4, -0.2) is 16.0 Å². The highest BCUT2D eigenvalue weighted by molar-refractivity contribution is 7.80. The first kappa shape index (κ1) is 12.5. The quantitative estimate of drug-likeness (QED) is 0.666. The minimum absolute atomic E-state index is 0.207. The Morgan fingerprint density at radius 1 is 1.56 bits per heavy atom. The van der Waals surface area contributed by atoms with Crippen molar-refractivity contribution in [2.45, 2.75) is 0 Å². The molecule has 0 bridgehead atoms. The lowest BCUT2D eigenvalue weighted by atomic mass is 10.4. The van der Waals surface area contributed by atoms with Crippen molar-refractivity contribution in [1.29, 1.82) is 0 Å². The third-order valence-corrected chi connectivity index (χ3v) is 2.72. The largest absolute Gasteiger partial charge is 0.465 e. The number of furan rings is 1. The van der Waals surface area contributed by atoms with Gasteiger partial charge in [-0.1, -0.05) is 0 Å². The topological polar surface area (TPSA) is 67.2 Å². The van der Waals surface area contributed by atoms with Gasteiger partial charge in [0.25, 0.3) is 0 Å². The summed E-state index contributed by atoms with van der Waals surface area (Å²) in [6, 6.07) is 3.49. The number of nitrogens with one attached hydrogen (secondary N) is 2. The van der Waals surface area contributed by atoms with Gasteiger partial charge < -0.3 is 9.73 Å². The highest BCUT2D eigenvalue weighted by atomic mass is 32.1. The molecular weight excluding hydrogens is 270 g/mol. The molecule has 0 saturated heterocycles. The predicted octanol–water partition coefficient (Wildman–Crippen LogP) is 2.26. The van der Waals surface area contributed by atoms with E-state index in [1.807, 2.05) is 5.38 Å². The molecule has 7 heteroatoms. The number of carbonyl (C=O) groups excluding carboxylic acids is 1. The van der Waals surface area contributed by atoms with E-state index < -0.39 is 0 Å². The molecule has 2 heterocycles. The van der Waals surface area contributed by atoms with Gasteiger partial charge in [-0.05, 0) is 30.4 Å². The van der Waals surface area contributed by atoms with Crippen molar-refractivity contribution in [1.82, 2.24) is 10.3 Å². The standard InChI is InChI=1S/C11H9N3O2S2/c15-9(4-3-8-2-1-6-16-8)13-10(17)14-11-12-5-7-18-11/h1-7H,(H2,12,13,14,15,17)/b4-3+. The maximum atomic E-state index is 11.5. The molecule has 0 unspecified atom stereocenters. The van der Waals surface area contributed by atoms with Crippen molar-refractivity contribution in [3.05, 3.63) is 41.8 Å². The van der Waals surface area contributed by atoms with Crippen molar-refractivity contribution in [2.75, 3.05) is 5.32 Å². The molecule has 92 valence electrons. The van der Waals surface area contributed by atoms with E-state index in [0.29, 0.717) is 10.9 Å². The molecule has 18 heavy (non-hydrogen) atoms. The number of nitrogens with zero attached hydrogens (tertiary/aromatic N) is 1. The SMILES string of the molecule is O=C(/C=C/c1ccco1)NC(=S)Nc1nccs1. The molecule has 0 aliphatic carbocycles. The number of rotatable bonds is 3. The van der Waals surface area contributed by atoms with Crippen molar-refractivity contribution < 1.29 is 9.21 Å². The Balaban J connectivity index is 1.82. The lowest BCUT2D eigenvalue weighted by Crippen LogP contribution is -2.32. The van der Waals surface area contributed by atoms with Crippen LogP contribution in [-0.2, 0) is 4.79 Å². The van der Waals surface area contributed by atoms with Crippen LogP contribution in [0, 0.1) is 0 Å². The van der Waals surface area contributed by atoms with Crippen LogP contribution in [0.2, 0.25) is 0 Å². The summed E-state index contributed by atoms with van der Waals surface area (Å²) in [5.74, 6) is 0.268. The number of amides is 1. The second kappa shape index (κ2) is 6.08. The normalized spacial score (nSPS) is 10.4. The molecule has 2 N–H and O–H groups in total. The summed E-state index contributed by atoms with van der Waals surface area (Å²) >= 11 is 6.35. The number of aromatic nitrogens is 1. The number of hydrogen-bond acceptors (Lipinski definition) is 5. The molecule has 0 radical (unpaired) electrons. The van der Waals surface area contributed by atoms with Gasteiger partial charge in [-0.15, -0.1) is 11.3 Å². The Labute approximate surface area is 113 Å². The Kier molecular flexibility index (Phi) is 4.21. The van der Waals surface area contributed by atoms with Gasteiger partial charge in [-0.25, -0.2) is 4.98 Å². The first-order valence-electron chi connectivity index (χ1n) is 4.97. The molecule has 0 aromatic carbocycles. The first-order chi connectivity index (χ1) is 8.74. The van der Waals surface area contributed by atoms with E-state index in [9.17, 15) is 4.79 Å². The van der Waals surface area contributed by atoms with Crippen LogP contribution in [0.3, 0.4) is 0 Å². The molecule has 2 aromatic heterocycles. The van der Waals surface area contributed by atoms with Crippen LogP contribution >= 0.6 is 23.6 Å². The third kappa shape index (κ3) is 3.79. The zero-order valence-corrected chi connectivity index (χ0v) is 10.8. The molecule has 0 saturated carbocycles. The molecule has 1 amide bonds. The van der Waals surface area contributed by atoms with E-state index in [-0.39, 0.29) is 11.0 Å². The third-order valence-electron chi connectivity index (χ3n) is 1.83. The minimum atomic E-state index is -0.333. The monoisotopic (exact) mass is 279 g/mol. The average Bonchev–Trinajstić information content (AvgIpc) is 2.98. The lowest BCUT2D eigenvalue weighted by molar-refractivity contribution is -0.115. The van der Waals surface area contributed by atoms with Crippen molar-refractivity contribution in [2.24, 2.45) is 0 Å². The maximum Gasteiger partial charge on any atom is 0.250 e. The molecule has 0 spiro atoms. The van der Waals surface area contributed by atoms with Crippen molar-refractivity contribution in [3.63, 3.8) is 0 Å². The molecule has 2 aromatic rings. The van der Waals surface area contributed by atoms with Crippen molar-refractivity contribution in [3.8, 4) is 0 Å². The van der Waals surface area contributed by atoms with E-state index in [2.05, 4.69) is 15.6 Å². The fourth-order valence-electron chi connectivity index (χ4n) is 1.11. The Morgan fingerprint density at radius 2 is 2.44 bits per heavy atom. The Bertz CT molecular complexity index is 547. The second-order valence-electron chi connectivity index (χ2n) is 3.13. The fraction of sp³-hybridized carbons (Fsp3) is 0. The summed E-state index contributed by atoms with van der Waals surface area (Å²) in [6.07, 6.45) is 6.08. The van der Waals surface area contributed by atoms with E-state index in [1.54, 1.807) is 24.4 Å². The van der Waals surface area contributed by atoms with E-state index in [0.717, 1.165) is 0 Å². The summed E-state index contributed by atoms with van der Waals surface area (Å²) in [5, 5.41) is 7.95. The smallest absolute Gasteiger partial charge is 0.250 e. The van der Waals surface area contributed by atoms with E-state index in [1.165, 1.54) is 23.7 Å². The highest BCUT2D eigenvalue weighted by Crippen LogP contribution is 2.09. The zero-order chi connectivity index (χ0) is 12.8. The van der Waals surface area contributed by atoms with Crippen LogP contribution in [0.5, 0.6) is 0 Å². The lowest BCUT2D eigenvalue weighted by Gasteiger charge is -2.03. The summed E-state index contributed by atoms with van der Waals surface area (Å²) in [6.45, 7) is 0. The number of hydrogen-bond donors (Lipinski definition) is 2. The minimum Gasteiger partial charge on any atom is -0.465 e. The number of thiocarbonyl (C=S) groups is 1. The maximum absolute atomic E-state index is 11.5. The Morgan fingerprint density at radius 3 is 3.11 bits per heavy atom. The molecule has 0 aliphatic heterocycles. The van der Waals surface area contributed by atoms with Crippen molar-refractivity contribution >= 4 is 45.8 Å². The first-order valence-corrected chi connectivity index (χ1v) is 6.26. The van der Waals surface area contributed by atoms with Gasteiger partial charge in [-0.2, -0.15) is 0 Å². The van der Waals surface area contributed by atoms with Gasteiger partial charge in [0.15, 0.2) is 10.2 Å².